The Bertz CT molecular complexity index is 1140. The lowest BCUT2D eigenvalue weighted by Gasteiger charge is -2.12. The number of halogens is 1. The van der Waals surface area contributed by atoms with Gasteiger partial charge in [-0.1, -0.05) is 78.3 Å². The van der Waals surface area contributed by atoms with Crippen molar-refractivity contribution in [3.05, 3.63) is 119 Å². The number of amides is 1. The predicted molar refractivity (Wildman–Crippen MR) is 122 cm³/mol. The number of carbonyl (C=O) groups excluding carboxylic acids is 1. The zero-order valence-electron chi connectivity index (χ0n) is 16.2. The topological polar surface area (TPSA) is 38.3 Å². The molecule has 0 aliphatic rings. The molecule has 0 heterocycles. The van der Waals surface area contributed by atoms with Gasteiger partial charge in [0.2, 0.25) is 0 Å². The maximum atomic E-state index is 12.8. The first kappa shape index (κ1) is 19.7. The lowest BCUT2D eigenvalue weighted by molar-refractivity contribution is 0.102. The van der Waals surface area contributed by atoms with Crippen LogP contribution in [-0.4, -0.2) is 5.91 Å². The highest BCUT2D eigenvalue weighted by Crippen LogP contribution is 2.28. The molecule has 3 nitrogen and oxygen atoms in total. The van der Waals surface area contributed by atoms with Crippen LogP contribution in [0.4, 0.5) is 5.69 Å². The Hall–Kier alpha value is -3.56. The van der Waals surface area contributed by atoms with E-state index in [-0.39, 0.29) is 5.91 Å². The number of rotatable bonds is 6. The van der Waals surface area contributed by atoms with E-state index in [1.54, 1.807) is 24.3 Å². The van der Waals surface area contributed by atoms with Crippen molar-refractivity contribution in [3.63, 3.8) is 0 Å². The molecule has 4 aromatic rings. The van der Waals surface area contributed by atoms with E-state index in [1.165, 1.54) is 0 Å². The summed E-state index contributed by atoms with van der Waals surface area (Å²) >= 11 is 6.16. The summed E-state index contributed by atoms with van der Waals surface area (Å²) in [5, 5.41) is 3.68. The number of hydrogen-bond acceptors (Lipinski definition) is 2. The van der Waals surface area contributed by atoms with E-state index in [1.807, 2.05) is 78.9 Å². The van der Waals surface area contributed by atoms with Crippen LogP contribution >= 0.6 is 11.6 Å². The molecule has 148 valence electrons. The van der Waals surface area contributed by atoms with Crippen LogP contribution in [0.2, 0.25) is 5.02 Å². The molecule has 0 atom stereocenters. The monoisotopic (exact) mass is 413 g/mol. The summed E-state index contributed by atoms with van der Waals surface area (Å²) in [7, 11) is 0. The molecule has 1 amide bonds. The molecular weight excluding hydrogens is 394 g/mol. The summed E-state index contributed by atoms with van der Waals surface area (Å²) in [4.78, 5) is 12.8. The molecule has 30 heavy (non-hydrogen) atoms. The number of nitrogens with one attached hydrogen (secondary N) is 1. The summed E-state index contributed by atoms with van der Waals surface area (Å²) in [5.41, 5.74) is 4.28. The van der Waals surface area contributed by atoms with Crippen molar-refractivity contribution in [1.29, 1.82) is 0 Å². The SMILES string of the molecule is O=C(Nc1ccccc1-c1ccccc1)c1ccc(OCc2ccccc2Cl)cc1. The Kier molecular flexibility index (Phi) is 6.11. The molecule has 0 spiro atoms. The highest BCUT2D eigenvalue weighted by atomic mass is 35.5. The molecule has 0 radical (unpaired) electrons. The summed E-state index contributed by atoms with van der Waals surface area (Å²) < 4.78 is 5.79. The fourth-order valence-electron chi connectivity index (χ4n) is 3.14. The second-order valence-corrected chi connectivity index (χ2v) is 7.18. The van der Waals surface area contributed by atoms with Crippen LogP contribution in [-0.2, 0) is 6.61 Å². The molecule has 4 aromatic carbocycles. The van der Waals surface area contributed by atoms with Gasteiger partial charge in [0.1, 0.15) is 12.4 Å². The minimum atomic E-state index is -0.170. The van der Waals surface area contributed by atoms with Gasteiger partial charge in [0.15, 0.2) is 0 Å². The summed E-state index contributed by atoms with van der Waals surface area (Å²) in [6.07, 6.45) is 0. The van der Waals surface area contributed by atoms with Crippen molar-refractivity contribution in [3.8, 4) is 16.9 Å². The van der Waals surface area contributed by atoms with Gasteiger partial charge in [0, 0.05) is 27.4 Å². The Morgan fingerprint density at radius 3 is 2.20 bits per heavy atom. The average molecular weight is 414 g/mol. The summed E-state index contributed by atoms with van der Waals surface area (Å²) in [6, 6.07) is 32.4. The first-order valence-electron chi connectivity index (χ1n) is 9.63. The molecule has 4 rings (SSSR count). The number of hydrogen-bond donors (Lipinski definition) is 1. The van der Waals surface area contributed by atoms with Crippen molar-refractivity contribution in [2.24, 2.45) is 0 Å². The van der Waals surface area contributed by atoms with E-state index >= 15 is 0 Å². The van der Waals surface area contributed by atoms with E-state index in [0.717, 1.165) is 22.4 Å². The van der Waals surface area contributed by atoms with Crippen LogP contribution in [0, 0.1) is 0 Å². The minimum Gasteiger partial charge on any atom is -0.489 e. The molecule has 0 aliphatic heterocycles. The molecule has 0 aliphatic carbocycles. The lowest BCUT2D eigenvalue weighted by atomic mass is 10.0. The Morgan fingerprint density at radius 2 is 1.43 bits per heavy atom. The molecule has 0 fully saturated rings. The lowest BCUT2D eigenvalue weighted by Crippen LogP contribution is -2.12. The largest absolute Gasteiger partial charge is 0.489 e. The fourth-order valence-corrected chi connectivity index (χ4v) is 3.33. The highest BCUT2D eigenvalue weighted by molar-refractivity contribution is 6.31. The zero-order chi connectivity index (χ0) is 20.8. The molecule has 1 N–H and O–H groups in total. The third kappa shape index (κ3) is 4.70. The summed E-state index contributed by atoms with van der Waals surface area (Å²) in [5.74, 6) is 0.507. The normalized spacial score (nSPS) is 10.4. The second-order valence-electron chi connectivity index (χ2n) is 6.77. The molecule has 4 heteroatoms. The summed E-state index contributed by atoms with van der Waals surface area (Å²) in [6.45, 7) is 0.371. The number of ether oxygens (including phenoxy) is 1. The second kappa shape index (κ2) is 9.29. The van der Waals surface area contributed by atoms with E-state index in [2.05, 4.69) is 5.32 Å². The molecule has 0 unspecified atom stereocenters. The van der Waals surface area contributed by atoms with Gasteiger partial charge in [0.05, 0.1) is 0 Å². The quantitative estimate of drug-likeness (QED) is 0.376. The van der Waals surface area contributed by atoms with Gasteiger partial charge in [0.25, 0.3) is 5.91 Å². The van der Waals surface area contributed by atoms with E-state index < -0.39 is 0 Å². The van der Waals surface area contributed by atoms with Crippen LogP contribution in [0.5, 0.6) is 5.75 Å². The van der Waals surface area contributed by atoms with Crippen molar-refractivity contribution in [2.45, 2.75) is 6.61 Å². The Labute approximate surface area is 180 Å². The van der Waals surface area contributed by atoms with Crippen molar-refractivity contribution < 1.29 is 9.53 Å². The van der Waals surface area contributed by atoms with E-state index in [4.69, 9.17) is 16.3 Å². The number of carbonyl (C=O) groups is 1. The Balaban J connectivity index is 1.44. The average Bonchev–Trinajstić information content (AvgIpc) is 2.80. The van der Waals surface area contributed by atoms with Gasteiger partial charge in [-0.15, -0.1) is 0 Å². The van der Waals surface area contributed by atoms with Crippen LogP contribution < -0.4 is 10.1 Å². The zero-order valence-corrected chi connectivity index (χ0v) is 17.0. The van der Waals surface area contributed by atoms with Gasteiger partial charge in [-0.05, 0) is 42.0 Å². The van der Waals surface area contributed by atoms with Crippen molar-refractivity contribution >= 4 is 23.2 Å². The van der Waals surface area contributed by atoms with Crippen LogP contribution in [0.25, 0.3) is 11.1 Å². The number of para-hydroxylation sites is 1. The first-order chi connectivity index (χ1) is 14.7. The van der Waals surface area contributed by atoms with Gasteiger partial charge < -0.3 is 10.1 Å². The van der Waals surface area contributed by atoms with Crippen molar-refractivity contribution in [2.75, 3.05) is 5.32 Å². The van der Waals surface area contributed by atoms with Gasteiger partial charge >= 0.3 is 0 Å². The van der Waals surface area contributed by atoms with E-state index in [0.29, 0.717) is 22.9 Å². The van der Waals surface area contributed by atoms with Gasteiger partial charge in [-0.25, -0.2) is 0 Å². The van der Waals surface area contributed by atoms with Crippen LogP contribution in [0.15, 0.2) is 103 Å². The van der Waals surface area contributed by atoms with Crippen LogP contribution in [0.3, 0.4) is 0 Å². The van der Waals surface area contributed by atoms with Gasteiger partial charge in [-0.2, -0.15) is 0 Å². The predicted octanol–water partition coefficient (Wildman–Crippen LogP) is 6.84. The van der Waals surface area contributed by atoms with Gasteiger partial charge in [-0.3, -0.25) is 4.79 Å². The fraction of sp³-hybridized carbons (Fsp3) is 0.0385. The molecule has 0 bridgehead atoms. The third-order valence-corrected chi connectivity index (χ3v) is 5.10. The maximum Gasteiger partial charge on any atom is 0.255 e. The smallest absolute Gasteiger partial charge is 0.255 e. The van der Waals surface area contributed by atoms with Crippen molar-refractivity contribution in [1.82, 2.24) is 0 Å². The standard InChI is InChI=1S/C26H20ClNO2/c27-24-12-6-4-10-21(24)18-30-22-16-14-20(15-17-22)26(29)28-25-13-7-5-11-23(25)19-8-2-1-3-9-19/h1-17H,18H2,(H,28,29). The molecular formula is C26H20ClNO2. The molecule has 0 saturated carbocycles. The molecule has 0 saturated heterocycles. The minimum absolute atomic E-state index is 0.170. The van der Waals surface area contributed by atoms with E-state index in [9.17, 15) is 4.79 Å². The Morgan fingerprint density at radius 1 is 0.767 bits per heavy atom. The third-order valence-electron chi connectivity index (χ3n) is 4.73. The molecule has 0 aromatic heterocycles. The number of anilines is 1. The van der Waals surface area contributed by atoms with Crippen LogP contribution in [0.1, 0.15) is 15.9 Å². The first-order valence-corrected chi connectivity index (χ1v) is 10.0. The number of benzene rings is 4. The highest BCUT2D eigenvalue weighted by Gasteiger charge is 2.10. The maximum absolute atomic E-state index is 12.8.